The number of rotatable bonds is 7. The predicted octanol–water partition coefficient (Wildman–Crippen LogP) is 6.19. The number of fused-ring (bicyclic) bond motifs is 2. The molecule has 1 N–H and O–H groups in total. The van der Waals surface area contributed by atoms with Crippen molar-refractivity contribution in [2.45, 2.75) is 26.2 Å². The molecule has 0 unspecified atom stereocenters. The lowest BCUT2D eigenvalue weighted by Gasteiger charge is -2.09. The fourth-order valence-corrected chi connectivity index (χ4v) is 3.58. The van der Waals surface area contributed by atoms with Gasteiger partial charge in [-0.1, -0.05) is 43.7 Å². The van der Waals surface area contributed by atoms with E-state index in [1.54, 1.807) is 7.11 Å². The summed E-state index contributed by atoms with van der Waals surface area (Å²) in [5, 5.41) is 7.80. The largest absolute Gasteiger partial charge is 0.496 e. The van der Waals surface area contributed by atoms with E-state index in [1.165, 1.54) is 18.4 Å². The number of hydrazone groups is 1. The topological polar surface area (TPSA) is 46.5 Å². The third kappa shape index (κ3) is 4.06. The Labute approximate surface area is 171 Å². The zero-order valence-electron chi connectivity index (χ0n) is 16.9. The molecule has 0 aliphatic heterocycles. The minimum absolute atomic E-state index is 0.866. The van der Waals surface area contributed by atoms with E-state index in [0.29, 0.717) is 0 Å². The number of benzene rings is 3. The molecule has 29 heavy (non-hydrogen) atoms. The molecule has 4 rings (SSSR count). The summed E-state index contributed by atoms with van der Waals surface area (Å²) in [6.07, 6.45) is 7.14. The molecule has 4 nitrogen and oxygen atoms in total. The monoisotopic (exact) mass is 383 g/mol. The van der Waals surface area contributed by atoms with Gasteiger partial charge in [-0.05, 0) is 54.1 Å². The van der Waals surface area contributed by atoms with Crippen LogP contribution in [0.3, 0.4) is 0 Å². The van der Waals surface area contributed by atoms with Crippen LogP contribution >= 0.6 is 0 Å². The zero-order valence-corrected chi connectivity index (χ0v) is 16.9. The van der Waals surface area contributed by atoms with Gasteiger partial charge in [-0.3, -0.25) is 10.4 Å². The zero-order chi connectivity index (χ0) is 20.1. The van der Waals surface area contributed by atoms with Crippen LogP contribution in [0, 0.1) is 0 Å². The number of aromatic nitrogens is 1. The van der Waals surface area contributed by atoms with E-state index in [0.717, 1.165) is 45.1 Å². The molecule has 0 bridgehead atoms. The van der Waals surface area contributed by atoms with Crippen LogP contribution < -0.4 is 10.2 Å². The van der Waals surface area contributed by atoms with E-state index >= 15 is 0 Å². The fourth-order valence-electron chi connectivity index (χ4n) is 3.58. The number of nitrogens with zero attached hydrogens (tertiary/aromatic N) is 2. The summed E-state index contributed by atoms with van der Waals surface area (Å²) in [7, 11) is 1.69. The van der Waals surface area contributed by atoms with Gasteiger partial charge in [0, 0.05) is 22.5 Å². The first-order chi connectivity index (χ1) is 14.3. The maximum Gasteiger partial charge on any atom is 0.126 e. The fraction of sp³-hybridized carbons (Fsp3) is 0.200. The van der Waals surface area contributed by atoms with Crippen molar-refractivity contribution in [3.05, 3.63) is 78.0 Å². The van der Waals surface area contributed by atoms with E-state index in [1.807, 2.05) is 42.7 Å². The highest BCUT2D eigenvalue weighted by Crippen LogP contribution is 2.28. The normalized spacial score (nSPS) is 11.4. The van der Waals surface area contributed by atoms with Crippen LogP contribution in [0.15, 0.2) is 72.0 Å². The lowest BCUT2D eigenvalue weighted by atomic mass is 10.0. The Morgan fingerprint density at radius 1 is 1.00 bits per heavy atom. The molecule has 0 fully saturated rings. The van der Waals surface area contributed by atoms with Crippen LogP contribution in [-0.2, 0) is 6.42 Å². The second-order valence-electron chi connectivity index (χ2n) is 7.09. The van der Waals surface area contributed by atoms with Gasteiger partial charge in [0.05, 0.1) is 24.5 Å². The summed E-state index contributed by atoms with van der Waals surface area (Å²) in [5.74, 6) is 0.866. The number of methoxy groups -OCH3 is 1. The van der Waals surface area contributed by atoms with Crippen molar-refractivity contribution in [2.24, 2.45) is 5.10 Å². The quantitative estimate of drug-likeness (QED) is 0.306. The number of ether oxygens (including phenoxy) is 1. The molecule has 1 aromatic heterocycles. The molecule has 1 heterocycles. The van der Waals surface area contributed by atoms with Crippen molar-refractivity contribution < 1.29 is 4.74 Å². The van der Waals surface area contributed by atoms with Crippen molar-refractivity contribution in [2.75, 3.05) is 12.5 Å². The van der Waals surface area contributed by atoms with E-state index in [9.17, 15) is 0 Å². The Bertz CT molecular complexity index is 1170. The van der Waals surface area contributed by atoms with Crippen molar-refractivity contribution in [3.63, 3.8) is 0 Å². The standard InChI is InChI=1S/C25H25N3O/c1-3-4-7-18-10-12-23-22(16-18)24(14-15-26-23)28-27-17-19-11-13-25(29-2)21-9-6-5-8-20(19)21/h5-6,8-17H,3-4,7H2,1-2H3,(H,26,28). The summed E-state index contributed by atoms with van der Waals surface area (Å²) in [6, 6.07) is 20.6. The van der Waals surface area contributed by atoms with E-state index in [2.05, 4.69) is 52.8 Å². The number of nitrogens with one attached hydrogen (secondary N) is 1. The van der Waals surface area contributed by atoms with E-state index in [4.69, 9.17) is 4.74 Å². The first-order valence-corrected chi connectivity index (χ1v) is 10.0. The van der Waals surface area contributed by atoms with Crippen LogP contribution in [0.25, 0.3) is 21.7 Å². The van der Waals surface area contributed by atoms with Crippen molar-refractivity contribution in [1.29, 1.82) is 0 Å². The Hall–Kier alpha value is -3.40. The van der Waals surface area contributed by atoms with Gasteiger partial charge in [0.2, 0.25) is 0 Å². The predicted molar refractivity (Wildman–Crippen MR) is 122 cm³/mol. The molecule has 0 spiro atoms. The van der Waals surface area contributed by atoms with Gasteiger partial charge < -0.3 is 4.74 Å². The van der Waals surface area contributed by atoms with Crippen LogP contribution in [0.1, 0.15) is 30.9 Å². The highest BCUT2D eigenvalue weighted by atomic mass is 16.5. The molecular formula is C25H25N3O. The highest BCUT2D eigenvalue weighted by molar-refractivity contribution is 6.02. The molecule has 0 saturated carbocycles. The first kappa shape index (κ1) is 18.9. The number of anilines is 1. The molecule has 4 aromatic rings. The van der Waals surface area contributed by atoms with Crippen molar-refractivity contribution in [3.8, 4) is 5.75 Å². The van der Waals surface area contributed by atoms with Crippen molar-refractivity contribution >= 4 is 33.6 Å². The molecule has 146 valence electrons. The summed E-state index contributed by atoms with van der Waals surface area (Å²) < 4.78 is 5.48. The average molecular weight is 383 g/mol. The molecule has 0 aliphatic carbocycles. The van der Waals surface area contributed by atoms with E-state index < -0.39 is 0 Å². The van der Waals surface area contributed by atoms with Crippen LogP contribution in [0.5, 0.6) is 5.75 Å². The number of pyridine rings is 1. The van der Waals surface area contributed by atoms with Gasteiger partial charge in [0.15, 0.2) is 0 Å². The second-order valence-corrected chi connectivity index (χ2v) is 7.09. The van der Waals surface area contributed by atoms with Crippen LogP contribution in [0.2, 0.25) is 0 Å². The maximum atomic E-state index is 5.48. The van der Waals surface area contributed by atoms with Crippen LogP contribution in [-0.4, -0.2) is 18.3 Å². The van der Waals surface area contributed by atoms with Crippen molar-refractivity contribution in [1.82, 2.24) is 4.98 Å². The third-order valence-corrected chi connectivity index (χ3v) is 5.15. The van der Waals surface area contributed by atoms with Gasteiger partial charge >= 0.3 is 0 Å². The maximum absolute atomic E-state index is 5.48. The summed E-state index contributed by atoms with van der Waals surface area (Å²) >= 11 is 0. The molecule has 0 amide bonds. The minimum atomic E-state index is 0.866. The molecular weight excluding hydrogens is 358 g/mol. The second kappa shape index (κ2) is 8.74. The molecule has 0 aliphatic rings. The Kier molecular flexibility index (Phi) is 5.71. The number of hydrogen-bond acceptors (Lipinski definition) is 4. The van der Waals surface area contributed by atoms with E-state index in [-0.39, 0.29) is 0 Å². The lowest BCUT2D eigenvalue weighted by Crippen LogP contribution is -1.95. The van der Waals surface area contributed by atoms with Gasteiger partial charge in [-0.15, -0.1) is 0 Å². The number of aryl methyl sites for hydroxylation is 1. The highest BCUT2D eigenvalue weighted by Gasteiger charge is 2.05. The Morgan fingerprint density at radius 2 is 1.86 bits per heavy atom. The lowest BCUT2D eigenvalue weighted by molar-refractivity contribution is 0.420. The number of unbranched alkanes of at least 4 members (excludes halogenated alkanes) is 1. The van der Waals surface area contributed by atoms with Crippen LogP contribution in [0.4, 0.5) is 5.69 Å². The third-order valence-electron chi connectivity index (χ3n) is 5.15. The van der Waals surface area contributed by atoms with Gasteiger partial charge in [-0.2, -0.15) is 5.10 Å². The average Bonchev–Trinajstić information content (AvgIpc) is 2.78. The van der Waals surface area contributed by atoms with Gasteiger partial charge in [0.1, 0.15) is 5.75 Å². The molecule has 0 atom stereocenters. The van der Waals surface area contributed by atoms with Gasteiger partial charge in [0.25, 0.3) is 0 Å². The molecule has 3 aromatic carbocycles. The summed E-state index contributed by atoms with van der Waals surface area (Å²) in [4.78, 5) is 4.48. The first-order valence-electron chi connectivity index (χ1n) is 10.0. The Morgan fingerprint density at radius 3 is 2.69 bits per heavy atom. The SMILES string of the molecule is CCCCc1ccc2nccc(NN=Cc3ccc(OC)c4ccccc34)c2c1. The molecule has 0 radical (unpaired) electrons. The summed E-state index contributed by atoms with van der Waals surface area (Å²) in [6.45, 7) is 2.22. The van der Waals surface area contributed by atoms with Gasteiger partial charge in [-0.25, -0.2) is 0 Å². The smallest absolute Gasteiger partial charge is 0.126 e. The molecule has 0 saturated heterocycles. The number of hydrogen-bond donors (Lipinski definition) is 1. The summed E-state index contributed by atoms with van der Waals surface area (Å²) in [5.41, 5.74) is 7.52. The Balaban J connectivity index is 1.63. The minimum Gasteiger partial charge on any atom is -0.496 e. The molecule has 4 heteroatoms.